The van der Waals surface area contributed by atoms with Gasteiger partial charge in [-0.3, -0.25) is 4.68 Å². The summed E-state index contributed by atoms with van der Waals surface area (Å²) in [6.07, 6.45) is -4.18. The first kappa shape index (κ1) is 17.4. The van der Waals surface area contributed by atoms with Crippen molar-refractivity contribution in [3.05, 3.63) is 34.9 Å². The third kappa shape index (κ3) is 3.71. The van der Waals surface area contributed by atoms with Gasteiger partial charge in [-0.15, -0.1) is 0 Å². The largest absolute Gasteiger partial charge is 0.478 e. The maximum atomic E-state index is 13.6. The number of hydrogen-bond acceptors (Lipinski definition) is 3. The molecule has 22 heavy (non-hydrogen) atoms. The van der Waals surface area contributed by atoms with Crippen LogP contribution >= 0.6 is 0 Å². The van der Waals surface area contributed by atoms with Crippen LogP contribution in [0.2, 0.25) is 0 Å². The normalized spacial score (nSPS) is 13.8. The number of aromatic nitrogens is 2. The third-order valence-electron chi connectivity index (χ3n) is 2.57. The summed E-state index contributed by atoms with van der Waals surface area (Å²) >= 11 is 0. The maximum absolute atomic E-state index is 13.6. The molecule has 2 N–H and O–H groups in total. The van der Waals surface area contributed by atoms with Gasteiger partial charge in [-0.25, -0.2) is 9.59 Å². The summed E-state index contributed by atoms with van der Waals surface area (Å²) in [5.74, 6) is -5.35. The van der Waals surface area contributed by atoms with Crippen LogP contribution in [-0.2, 0) is 22.8 Å². The first-order chi connectivity index (χ1) is 9.95. The lowest BCUT2D eigenvalue weighted by molar-refractivity contribution is -0.143. The zero-order chi connectivity index (χ0) is 17.2. The molecule has 1 aromatic rings. The lowest BCUT2D eigenvalue weighted by Crippen LogP contribution is -2.11. The molecule has 0 amide bonds. The van der Waals surface area contributed by atoms with E-state index in [-0.39, 0.29) is 0 Å². The SMILES string of the molecule is CC(=CC(=C(F)C(=O)O)c1cc(C(F)(F)F)n(C)n1)C(=O)O. The van der Waals surface area contributed by atoms with Crippen LogP contribution in [0.1, 0.15) is 18.3 Å². The summed E-state index contributed by atoms with van der Waals surface area (Å²) < 4.78 is 52.1. The number of alkyl halides is 3. The Bertz CT molecular complexity index is 686. The molecule has 120 valence electrons. The van der Waals surface area contributed by atoms with Gasteiger partial charge in [0.1, 0.15) is 5.69 Å². The Kier molecular flexibility index (Phi) is 4.74. The fourth-order valence-corrected chi connectivity index (χ4v) is 1.51. The molecule has 0 bridgehead atoms. The molecule has 0 radical (unpaired) electrons. The molecule has 0 fully saturated rings. The minimum Gasteiger partial charge on any atom is -0.478 e. The zero-order valence-electron chi connectivity index (χ0n) is 11.3. The van der Waals surface area contributed by atoms with Gasteiger partial charge in [-0.05, 0) is 19.1 Å². The smallest absolute Gasteiger partial charge is 0.433 e. The van der Waals surface area contributed by atoms with Crippen LogP contribution in [0.4, 0.5) is 17.6 Å². The highest BCUT2D eigenvalue weighted by Gasteiger charge is 2.35. The number of aliphatic carboxylic acids is 2. The van der Waals surface area contributed by atoms with Crippen molar-refractivity contribution >= 4 is 17.5 Å². The average molecular weight is 322 g/mol. The quantitative estimate of drug-likeness (QED) is 0.504. The van der Waals surface area contributed by atoms with Gasteiger partial charge in [0.15, 0.2) is 0 Å². The van der Waals surface area contributed by atoms with Crippen molar-refractivity contribution in [3.63, 3.8) is 0 Å². The molecule has 10 heteroatoms. The molecule has 0 saturated heterocycles. The Morgan fingerprint density at radius 1 is 1.27 bits per heavy atom. The summed E-state index contributed by atoms with van der Waals surface area (Å²) in [7, 11) is 0.941. The van der Waals surface area contributed by atoms with E-state index in [9.17, 15) is 27.2 Å². The fourth-order valence-electron chi connectivity index (χ4n) is 1.51. The van der Waals surface area contributed by atoms with Crippen LogP contribution in [-0.4, -0.2) is 31.9 Å². The minimum atomic E-state index is -4.78. The Morgan fingerprint density at radius 3 is 2.18 bits per heavy atom. The molecule has 0 saturated carbocycles. The Balaban J connectivity index is 3.56. The van der Waals surface area contributed by atoms with Gasteiger partial charge in [-0.1, -0.05) is 0 Å². The highest BCUT2D eigenvalue weighted by molar-refractivity contribution is 5.99. The first-order valence-corrected chi connectivity index (χ1v) is 5.61. The lowest BCUT2D eigenvalue weighted by Gasteiger charge is -2.04. The van der Waals surface area contributed by atoms with Crippen molar-refractivity contribution in [1.82, 2.24) is 9.78 Å². The van der Waals surface area contributed by atoms with Crippen LogP contribution in [0.5, 0.6) is 0 Å². The maximum Gasteiger partial charge on any atom is 0.433 e. The average Bonchev–Trinajstić information content (AvgIpc) is 2.76. The van der Waals surface area contributed by atoms with Gasteiger partial charge in [0.2, 0.25) is 5.83 Å². The van der Waals surface area contributed by atoms with E-state index < -0.39 is 46.5 Å². The van der Waals surface area contributed by atoms with E-state index in [0.717, 1.165) is 14.0 Å². The molecule has 0 aliphatic carbocycles. The Hall–Kier alpha value is -2.65. The number of nitrogens with zero attached hydrogens (tertiary/aromatic N) is 2. The highest BCUT2D eigenvalue weighted by atomic mass is 19.4. The van der Waals surface area contributed by atoms with E-state index in [1.807, 2.05) is 0 Å². The highest BCUT2D eigenvalue weighted by Crippen LogP contribution is 2.32. The van der Waals surface area contributed by atoms with Crippen molar-refractivity contribution < 1.29 is 37.4 Å². The number of carbonyl (C=O) groups is 2. The molecule has 6 nitrogen and oxygen atoms in total. The van der Waals surface area contributed by atoms with Crippen LogP contribution in [0.25, 0.3) is 5.57 Å². The first-order valence-electron chi connectivity index (χ1n) is 5.61. The third-order valence-corrected chi connectivity index (χ3v) is 2.57. The number of allylic oxidation sites excluding steroid dienone is 2. The van der Waals surface area contributed by atoms with Crippen molar-refractivity contribution in [2.24, 2.45) is 7.05 Å². The monoisotopic (exact) mass is 322 g/mol. The summed E-state index contributed by atoms with van der Waals surface area (Å²) in [5.41, 5.74) is -3.21. The van der Waals surface area contributed by atoms with Crippen molar-refractivity contribution in [1.29, 1.82) is 0 Å². The number of rotatable bonds is 4. The van der Waals surface area contributed by atoms with E-state index in [2.05, 4.69) is 5.10 Å². The van der Waals surface area contributed by atoms with E-state index >= 15 is 0 Å². The lowest BCUT2D eigenvalue weighted by atomic mass is 10.1. The van der Waals surface area contributed by atoms with Crippen LogP contribution in [0.3, 0.4) is 0 Å². The van der Waals surface area contributed by atoms with Gasteiger partial charge in [0, 0.05) is 18.2 Å². The minimum absolute atomic E-state index is 0.397. The molecule has 0 aromatic carbocycles. The molecule has 1 heterocycles. The second-order valence-electron chi connectivity index (χ2n) is 4.20. The number of carboxylic acid groups (broad SMARTS) is 2. The summed E-state index contributed by atoms with van der Waals surface area (Å²) in [6, 6.07) is 0.434. The van der Waals surface area contributed by atoms with Gasteiger partial charge in [0.05, 0.1) is 5.69 Å². The number of hydrogen-bond donors (Lipinski definition) is 2. The fraction of sp³-hybridized carbons (Fsp3) is 0.250. The van der Waals surface area contributed by atoms with E-state index in [0.29, 0.717) is 16.8 Å². The molecule has 0 aliphatic heterocycles. The molecular formula is C12H10F4N2O4. The molecular weight excluding hydrogens is 312 g/mol. The van der Waals surface area contributed by atoms with Gasteiger partial charge in [-0.2, -0.15) is 22.7 Å². The summed E-state index contributed by atoms with van der Waals surface area (Å²) in [4.78, 5) is 21.4. The summed E-state index contributed by atoms with van der Waals surface area (Å²) in [5, 5.41) is 20.7. The molecule has 0 atom stereocenters. The second-order valence-corrected chi connectivity index (χ2v) is 4.20. The standard InChI is InChI=1S/C12H10F4N2O4/c1-5(10(19)20)3-6(9(13)11(21)22)7-4-8(12(14,15)16)18(2)17-7/h3-4H,1-2H3,(H,19,20)(H,21,22). The predicted octanol–water partition coefficient (Wildman–Crippen LogP) is 2.23. The topological polar surface area (TPSA) is 92.4 Å². The number of aryl methyl sites for hydroxylation is 1. The van der Waals surface area contributed by atoms with Crippen molar-refractivity contribution in [2.75, 3.05) is 0 Å². The van der Waals surface area contributed by atoms with Crippen LogP contribution in [0.15, 0.2) is 23.5 Å². The number of carboxylic acids is 2. The number of halogens is 4. The summed E-state index contributed by atoms with van der Waals surface area (Å²) in [6.45, 7) is 1.03. The van der Waals surface area contributed by atoms with E-state index in [1.54, 1.807) is 0 Å². The van der Waals surface area contributed by atoms with Crippen molar-refractivity contribution in [3.8, 4) is 0 Å². The van der Waals surface area contributed by atoms with Gasteiger partial charge in [0.25, 0.3) is 0 Å². The Labute approximate surface area is 121 Å². The molecule has 0 spiro atoms. The molecule has 0 unspecified atom stereocenters. The molecule has 1 aromatic heterocycles. The van der Waals surface area contributed by atoms with Crippen LogP contribution < -0.4 is 0 Å². The molecule has 0 aliphatic rings. The van der Waals surface area contributed by atoms with Crippen molar-refractivity contribution in [2.45, 2.75) is 13.1 Å². The molecule has 1 rings (SSSR count). The second kappa shape index (κ2) is 6.00. The van der Waals surface area contributed by atoms with Gasteiger partial charge >= 0.3 is 18.1 Å². The zero-order valence-corrected chi connectivity index (χ0v) is 11.3. The van der Waals surface area contributed by atoms with E-state index in [1.165, 1.54) is 0 Å². The van der Waals surface area contributed by atoms with Gasteiger partial charge < -0.3 is 10.2 Å². The predicted molar refractivity (Wildman–Crippen MR) is 65.3 cm³/mol. The Morgan fingerprint density at radius 2 is 1.82 bits per heavy atom. The van der Waals surface area contributed by atoms with Crippen LogP contribution in [0, 0.1) is 0 Å². The van der Waals surface area contributed by atoms with E-state index in [4.69, 9.17) is 10.2 Å².